The van der Waals surface area contributed by atoms with E-state index in [1.807, 2.05) is 24.3 Å². The van der Waals surface area contributed by atoms with Gasteiger partial charge < -0.3 is 19.9 Å². The van der Waals surface area contributed by atoms with Crippen LogP contribution in [0.5, 0.6) is 11.5 Å². The van der Waals surface area contributed by atoms with Crippen molar-refractivity contribution in [3.8, 4) is 29.3 Å². The first kappa shape index (κ1) is 24.4. The van der Waals surface area contributed by atoms with Gasteiger partial charge in [0.05, 0.1) is 29.4 Å². The second-order valence-corrected chi connectivity index (χ2v) is 7.62. The van der Waals surface area contributed by atoms with E-state index in [0.29, 0.717) is 27.2 Å². The monoisotopic (exact) mass is 521 g/mol. The molecule has 172 valence electrons. The summed E-state index contributed by atoms with van der Waals surface area (Å²) < 4.78 is 17.7. The molecule has 0 unspecified atom stereocenters. The molecule has 0 aliphatic rings. The lowest BCUT2D eigenvalue weighted by Crippen LogP contribution is -2.15. The molecular weight excluding hydrogens is 502 g/mol. The minimum atomic E-state index is -0.511. The number of benzene rings is 2. The molecule has 0 amide bonds. The molecule has 2 N–H and O–H groups in total. The van der Waals surface area contributed by atoms with E-state index in [1.54, 1.807) is 37.3 Å². The summed E-state index contributed by atoms with van der Waals surface area (Å²) in [6, 6.07) is 16.5. The van der Waals surface area contributed by atoms with Crippen molar-refractivity contribution in [3.05, 3.63) is 63.8 Å². The highest BCUT2D eigenvalue weighted by molar-refractivity contribution is 9.10. The highest BCUT2D eigenvalue weighted by Crippen LogP contribution is 2.38. The van der Waals surface area contributed by atoms with Gasteiger partial charge in [-0.15, -0.1) is 0 Å². The first-order valence-corrected chi connectivity index (χ1v) is 10.8. The van der Waals surface area contributed by atoms with Gasteiger partial charge in [-0.25, -0.2) is 9.48 Å². The molecule has 0 bridgehead atoms. The van der Waals surface area contributed by atoms with Crippen LogP contribution in [0.3, 0.4) is 0 Å². The molecule has 3 rings (SSSR count). The van der Waals surface area contributed by atoms with Gasteiger partial charge in [-0.05, 0) is 58.8 Å². The van der Waals surface area contributed by atoms with E-state index >= 15 is 0 Å². The molecule has 10 heteroatoms. The third-order valence-corrected chi connectivity index (χ3v) is 5.20. The van der Waals surface area contributed by atoms with Crippen molar-refractivity contribution in [2.45, 2.75) is 6.92 Å². The van der Waals surface area contributed by atoms with Crippen molar-refractivity contribution >= 4 is 39.4 Å². The topological polar surface area (TPSA) is 136 Å². The summed E-state index contributed by atoms with van der Waals surface area (Å²) in [7, 11) is 1.45. The lowest BCUT2D eigenvalue weighted by Gasteiger charge is -2.13. The Kier molecular flexibility index (Phi) is 7.91. The van der Waals surface area contributed by atoms with Crippen molar-refractivity contribution in [2.75, 3.05) is 26.1 Å². The zero-order valence-corrected chi connectivity index (χ0v) is 20.0. The molecule has 0 saturated heterocycles. The SMILES string of the molecule is CCOC(=O)COc1c(Br)cc(C=C(C#N)c2nn(-c3ccccc3)c(N)c2C#N)cc1OC. The molecule has 0 aliphatic carbocycles. The number of carbonyl (C=O) groups excluding carboxylic acids is 1. The van der Waals surface area contributed by atoms with Crippen molar-refractivity contribution in [2.24, 2.45) is 0 Å². The molecule has 0 fully saturated rings. The lowest BCUT2D eigenvalue weighted by atomic mass is 10.1. The fourth-order valence-corrected chi connectivity index (χ4v) is 3.69. The summed E-state index contributed by atoms with van der Waals surface area (Å²) in [6.07, 6.45) is 1.56. The molecule has 0 saturated carbocycles. The number of halogens is 1. The number of aromatic nitrogens is 2. The second kappa shape index (κ2) is 11.0. The molecule has 0 spiro atoms. The van der Waals surface area contributed by atoms with Gasteiger partial charge in [-0.2, -0.15) is 15.6 Å². The summed E-state index contributed by atoms with van der Waals surface area (Å²) in [5, 5.41) is 23.9. The number of nitrogens with zero attached hydrogens (tertiary/aromatic N) is 4. The van der Waals surface area contributed by atoms with Gasteiger partial charge in [0.25, 0.3) is 0 Å². The van der Waals surface area contributed by atoms with Crippen molar-refractivity contribution in [3.63, 3.8) is 0 Å². The zero-order chi connectivity index (χ0) is 24.7. The van der Waals surface area contributed by atoms with Gasteiger partial charge in [0.2, 0.25) is 0 Å². The number of para-hydroxylation sites is 1. The van der Waals surface area contributed by atoms with Crippen molar-refractivity contribution in [1.29, 1.82) is 10.5 Å². The zero-order valence-electron chi connectivity index (χ0n) is 18.4. The third kappa shape index (κ3) is 5.20. The van der Waals surface area contributed by atoms with Crippen LogP contribution in [0.25, 0.3) is 17.3 Å². The number of anilines is 1. The van der Waals surface area contributed by atoms with Crippen LogP contribution in [0.4, 0.5) is 5.82 Å². The third-order valence-electron chi connectivity index (χ3n) is 4.61. The Labute approximate surface area is 204 Å². The number of hydrogen-bond donors (Lipinski definition) is 1. The van der Waals surface area contributed by atoms with E-state index in [9.17, 15) is 15.3 Å². The Hall–Kier alpha value is -4.28. The molecule has 0 radical (unpaired) electrons. The van der Waals surface area contributed by atoms with Crippen LogP contribution in [-0.4, -0.2) is 36.1 Å². The van der Waals surface area contributed by atoms with Crippen LogP contribution in [0.15, 0.2) is 46.9 Å². The number of methoxy groups -OCH3 is 1. The number of carbonyl (C=O) groups is 1. The van der Waals surface area contributed by atoms with Gasteiger partial charge in [0.1, 0.15) is 29.2 Å². The van der Waals surface area contributed by atoms with Gasteiger partial charge in [0.15, 0.2) is 18.1 Å². The molecule has 0 aliphatic heterocycles. The molecule has 9 nitrogen and oxygen atoms in total. The van der Waals surface area contributed by atoms with Gasteiger partial charge >= 0.3 is 5.97 Å². The van der Waals surface area contributed by atoms with E-state index < -0.39 is 5.97 Å². The van der Waals surface area contributed by atoms with Crippen molar-refractivity contribution in [1.82, 2.24) is 9.78 Å². The minimum Gasteiger partial charge on any atom is -0.493 e. The van der Waals surface area contributed by atoms with Crippen LogP contribution in [0.2, 0.25) is 0 Å². The summed E-state index contributed by atoms with van der Waals surface area (Å²) in [5.74, 6) is 0.257. The standard InChI is InChI=1S/C24H20BrN5O4/c1-3-33-21(31)14-34-23-19(25)10-15(11-20(23)32-2)9-16(12-26)22-18(13-27)24(28)30(29-22)17-7-5-4-6-8-17/h4-11H,3,14,28H2,1-2H3. The van der Waals surface area contributed by atoms with Gasteiger partial charge in [0, 0.05) is 0 Å². The first-order valence-electron chi connectivity index (χ1n) is 10.1. The smallest absolute Gasteiger partial charge is 0.344 e. The molecule has 3 aromatic rings. The van der Waals surface area contributed by atoms with E-state index in [1.165, 1.54) is 11.8 Å². The maximum absolute atomic E-state index is 11.6. The first-order chi connectivity index (χ1) is 16.4. The van der Waals surface area contributed by atoms with Crippen molar-refractivity contribution < 1.29 is 19.0 Å². The summed E-state index contributed by atoms with van der Waals surface area (Å²) in [4.78, 5) is 11.6. The Morgan fingerprint density at radius 3 is 2.62 bits per heavy atom. The summed E-state index contributed by atoms with van der Waals surface area (Å²) >= 11 is 3.41. The quantitative estimate of drug-likeness (QED) is 0.345. The fourth-order valence-electron chi connectivity index (χ4n) is 3.11. The van der Waals surface area contributed by atoms with Gasteiger partial charge in [-0.1, -0.05) is 18.2 Å². The highest BCUT2D eigenvalue weighted by atomic mass is 79.9. The number of rotatable bonds is 8. The minimum absolute atomic E-state index is 0.0945. The predicted octanol–water partition coefficient (Wildman–Crippen LogP) is 4.10. The maximum Gasteiger partial charge on any atom is 0.344 e. The maximum atomic E-state index is 11.6. The van der Waals surface area contributed by atoms with Crippen LogP contribution in [0.1, 0.15) is 23.7 Å². The van der Waals surface area contributed by atoms with E-state index in [-0.39, 0.29) is 35.9 Å². The molecule has 0 atom stereocenters. The Morgan fingerprint density at radius 1 is 1.26 bits per heavy atom. The summed E-state index contributed by atoms with van der Waals surface area (Å²) in [6.45, 7) is 1.66. The Bertz CT molecular complexity index is 1320. The van der Waals surface area contributed by atoms with Crippen LogP contribution >= 0.6 is 15.9 Å². The second-order valence-electron chi connectivity index (χ2n) is 6.77. The summed E-state index contributed by atoms with van der Waals surface area (Å²) in [5.41, 5.74) is 7.77. The molecule has 2 aromatic carbocycles. The van der Waals surface area contributed by atoms with Crippen LogP contribution in [0, 0.1) is 22.7 Å². The van der Waals surface area contributed by atoms with E-state index in [0.717, 1.165) is 0 Å². The Balaban J connectivity index is 2.02. The number of hydrogen-bond acceptors (Lipinski definition) is 8. The Morgan fingerprint density at radius 2 is 2.00 bits per heavy atom. The average Bonchev–Trinajstić information content (AvgIpc) is 3.18. The highest BCUT2D eigenvalue weighted by Gasteiger charge is 2.21. The fraction of sp³-hybridized carbons (Fsp3) is 0.167. The predicted molar refractivity (Wildman–Crippen MR) is 129 cm³/mol. The molecule has 1 heterocycles. The number of nitrogens with two attached hydrogens (primary N) is 1. The van der Waals surface area contributed by atoms with Gasteiger partial charge in [-0.3, -0.25) is 0 Å². The lowest BCUT2D eigenvalue weighted by molar-refractivity contribution is -0.145. The number of ether oxygens (including phenoxy) is 3. The number of nitrogen functional groups attached to an aromatic ring is 1. The average molecular weight is 522 g/mol. The van der Waals surface area contributed by atoms with E-state index in [4.69, 9.17) is 19.9 Å². The van der Waals surface area contributed by atoms with E-state index in [2.05, 4.69) is 27.1 Å². The number of allylic oxidation sites excluding steroid dienone is 1. The number of esters is 1. The molecule has 1 aromatic heterocycles. The number of nitriles is 2. The molecule has 34 heavy (non-hydrogen) atoms. The normalized spacial score (nSPS) is 10.8. The van der Waals surface area contributed by atoms with Crippen LogP contribution < -0.4 is 15.2 Å². The molecular formula is C24H20BrN5O4. The van der Waals surface area contributed by atoms with Crippen LogP contribution in [-0.2, 0) is 9.53 Å². The largest absolute Gasteiger partial charge is 0.493 e.